The van der Waals surface area contributed by atoms with Gasteiger partial charge in [0.1, 0.15) is 5.82 Å². The molecule has 0 atom stereocenters. The molecule has 0 aliphatic rings. The van der Waals surface area contributed by atoms with Crippen molar-refractivity contribution in [1.82, 2.24) is 9.71 Å². The van der Waals surface area contributed by atoms with Crippen LogP contribution in [-0.2, 0) is 16.6 Å². The van der Waals surface area contributed by atoms with Gasteiger partial charge < -0.3 is 5.73 Å². The van der Waals surface area contributed by atoms with E-state index in [2.05, 4.69) is 9.71 Å². The minimum atomic E-state index is -3.71. The van der Waals surface area contributed by atoms with Crippen LogP contribution < -0.4 is 10.5 Å². The maximum atomic E-state index is 12.0. The summed E-state index contributed by atoms with van der Waals surface area (Å²) in [6, 6.07) is 8.18. The van der Waals surface area contributed by atoms with Crippen LogP contribution in [0.15, 0.2) is 47.5 Å². The fourth-order valence-corrected chi connectivity index (χ4v) is 2.63. The molecular weight excluding hydrogens is 296 g/mol. The number of hydrogen-bond acceptors (Lipinski definition) is 6. The number of non-ortho nitro benzene ring substituents is 1. The van der Waals surface area contributed by atoms with E-state index < -0.39 is 14.9 Å². The first-order valence-electron chi connectivity index (χ1n) is 5.83. The molecule has 1 aromatic carbocycles. The fraction of sp³-hybridized carbons (Fsp3) is 0.0833. The Morgan fingerprint density at radius 1 is 1.24 bits per heavy atom. The van der Waals surface area contributed by atoms with E-state index in [4.69, 9.17) is 5.73 Å². The van der Waals surface area contributed by atoms with Crippen molar-refractivity contribution in [1.29, 1.82) is 0 Å². The Labute approximate surface area is 120 Å². The second-order valence-electron chi connectivity index (χ2n) is 4.16. The van der Waals surface area contributed by atoms with Gasteiger partial charge in [-0.25, -0.2) is 18.1 Å². The summed E-state index contributed by atoms with van der Waals surface area (Å²) in [5, 5.41) is 10.5. The van der Waals surface area contributed by atoms with Crippen molar-refractivity contribution in [3.8, 4) is 0 Å². The minimum Gasteiger partial charge on any atom is -0.384 e. The molecule has 0 aliphatic heterocycles. The maximum absolute atomic E-state index is 12.0. The standard InChI is InChI=1S/C12H12N4O4S/c13-12-7-11(5-6-14-12)21(19,20)15-8-9-1-3-10(4-2-9)16(17)18/h1-7,15H,8H2,(H2,13,14). The molecule has 3 N–H and O–H groups in total. The summed E-state index contributed by atoms with van der Waals surface area (Å²) in [6.07, 6.45) is 1.30. The van der Waals surface area contributed by atoms with Crippen molar-refractivity contribution in [2.24, 2.45) is 0 Å². The van der Waals surface area contributed by atoms with Crippen molar-refractivity contribution in [2.75, 3.05) is 5.73 Å². The van der Waals surface area contributed by atoms with Gasteiger partial charge in [0, 0.05) is 30.9 Å². The van der Waals surface area contributed by atoms with Crippen LogP contribution in [0.5, 0.6) is 0 Å². The van der Waals surface area contributed by atoms with Crippen molar-refractivity contribution in [3.63, 3.8) is 0 Å². The van der Waals surface area contributed by atoms with Gasteiger partial charge in [-0.15, -0.1) is 0 Å². The first-order valence-corrected chi connectivity index (χ1v) is 7.31. The summed E-state index contributed by atoms with van der Waals surface area (Å²) in [5.74, 6) is 0.105. The van der Waals surface area contributed by atoms with E-state index in [0.29, 0.717) is 5.56 Å². The normalized spacial score (nSPS) is 11.2. The lowest BCUT2D eigenvalue weighted by Crippen LogP contribution is -2.23. The number of nitro benzene ring substituents is 1. The van der Waals surface area contributed by atoms with Crippen LogP contribution in [0, 0.1) is 10.1 Å². The lowest BCUT2D eigenvalue weighted by Gasteiger charge is -2.07. The molecule has 1 aromatic heterocycles. The Morgan fingerprint density at radius 2 is 1.90 bits per heavy atom. The Kier molecular flexibility index (Phi) is 4.15. The van der Waals surface area contributed by atoms with Gasteiger partial charge in [0.2, 0.25) is 10.0 Å². The highest BCUT2D eigenvalue weighted by Gasteiger charge is 2.14. The van der Waals surface area contributed by atoms with Crippen LogP contribution in [0.2, 0.25) is 0 Å². The summed E-state index contributed by atoms with van der Waals surface area (Å²) in [6.45, 7) is 0.0164. The molecule has 2 aromatic rings. The molecule has 0 bridgehead atoms. The quantitative estimate of drug-likeness (QED) is 0.627. The average Bonchev–Trinajstić information content (AvgIpc) is 2.45. The molecule has 8 nitrogen and oxygen atoms in total. The molecule has 2 rings (SSSR count). The molecular formula is C12H12N4O4S. The lowest BCUT2D eigenvalue weighted by molar-refractivity contribution is -0.384. The number of hydrogen-bond donors (Lipinski definition) is 2. The molecule has 0 radical (unpaired) electrons. The van der Waals surface area contributed by atoms with E-state index in [0.717, 1.165) is 0 Å². The number of nitrogen functional groups attached to an aromatic ring is 1. The van der Waals surface area contributed by atoms with Crippen LogP contribution in [0.3, 0.4) is 0 Å². The number of nitrogens with two attached hydrogens (primary N) is 1. The topological polar surface area (TPSA) is 128 Å². The highest BCUT2D eigenvalue weighted by Crippen LogP contribution is 2.14. The van der Waals surface area contributed by atoms with Gasteiger partial charge in [0.25, 0.3) is 5.69 Å². The van der Waals surface area contributed by atoms with E-state index in [-0.39, 0.29) is 22.9 Å². The largest absolute Gasteiger partial charge is 0.384 e. The third-order valence-corrected chi connectivity index (χ3v) is 4.08. The summed E-state index contributed by atoms with van der Waals surface area (Å²) >= 11 is 0. The Hall–Kier alpha value is -2.52. The van der Waals surface area contributed by atoms with Crippen molar-refractivity contribution in [2.45, 2.75) is 11.4 Å². The van der Waals surface area contributed by atoms with Crippen molar-refractivity contribution >= 4 is 21.5 Å². The molecule has 0 saturated heterocycles. The fourth-order valence-electron chi connectivity index (χ4n) is 1.59. The molecule has 9 heteroatoms. The summed E-state index contributed by atoms with van der Waals surface area (Å²) < 4.78 is 26.4. The second-order valence-corrected chi connectivity index (χ2v) is 5.93. The molecule has 1 heterocycles. The zero-order valence-corrected chi connectivity index (χ0v) is 11.6. The Balaban J connectivity index is 2.10. The first kappa shape index (κ1) is 14.9. The number of benzene rings is 1. The third-order valence-electron chi connectivity index (χ3n) is 2.68. The number of anilines is 1. The van der Waals surface area contributed by atoms with Crippen LogP contribution in [0.25, 0.3) is 0 Å². The minimum absolute atomic E-state index is 0.0110. The van der Waals surface area contributed by atoms with Crippen LogP contribution >= 0.6 is 0 Å². The number of sulfonamides is 1. The zero-order chi connectivity index (χ0) is 15.5. The van der Waals surface area contributed by atoms with Gasteiger partial charge in [-0.3, -0.25) is 10.1 Å². The Morgan fingerprint density at radius 3 is 2.48 bits per heavy atom. The molecule has 0 saturated carbocycles. The molecule has 110 valence electrons. The van der Waals surface area contributed by atoms with Gasteiger partial charge >= 0.3 is 0 Å². The van der Waals surface area contributed by atoms with Crippen molar-refractivity contribution in [3.05, 3.63) is 58.3 Å². The lowest BCUT2D eigenvalue weighted by atomic mass is 10.2. The molecule has 0 spiro atoms. The number of pyridine rings is 1. The van der Waals surface area contributed by atoms with E-state index in [9.17, 15) is 18.5 Å². The van der Waals surface area contributed by atoms with Gasteiger partial charge in [0.15, 0.2) is 0 Å². The number of rotatable bonds is 5. The third kappa shape index (κ3) is 3.74. The highest BCUT2D eigenvalue weighted by atomic mass is 32.2. The van der Waals surface area contributed by atoms with Gasteiger partial charge in [-0.05, 0) is 11.6 Å². The maximum Gasteiger partial charge on any atom is 0.269 e. The number of aromatic nitrogens is 1. The van der Waals surface area contributed by atoms with Gasteiger partial charge in [-0.1, -0.05) is 12.1 Å². The van der Waals surface area contributed by atoms with Crippen LogP contribution in [-0.4, -0.2) is 18.3 Å². The molecule has 0 fully saturated rings. The highest BCUT2D eigenvalue weighted by molar-refractivity contribution is 7.89. The summed E-state index contributed by atoms with van der Waals surface area (Å²) in [7, 11) is -3.71. The monoisotopic (exact) mass is 308 g/mol. The number of nitrogens with zero attached hydrogens (tertiary/aromatic N) is 2. The number of nitro groups is 1. The van der Waals surface area contributed by atoms with E-state index >= 15 is 0 Å². The summed E-state index contributed by atoms with van der Waals surface area (Å²) in [5.41, 5.74) is 5.99. The SMILES string of the molecule is Nc1cc(S(=O)(=O)NCc2ccc([N+](=O)[O-])cc2)ccn1. The smallest absolute Gasteiger partial charge is 0.269 e. The van der Waals surface area contributed by atoms with Gasteiger partial charge in [-0.2, -0.15) is 0 Å². The van der Waals surface area contributed by atoms with Crippen molar-refractivity contribution < 1.29 is 13.3 Å². The predicted octanol–water partition coefficient (Wildman–Crippen LogP) is 1.05. The second kappa shape index (κ2) is 5.85. The molecule has 0 unspecified atom stereocenters. The predicted molar refractivity (Wildman–Crippen MR) is 75.8 cm³/mol. The van der Waals surface area contributed by atoms with E-state index in [1.54, 1.807) is 0 Å². The van der Waals surface area contributed by atoms with Crippen LogP contribution in [0.4, 0.5) is 11.5 Å². The molecule has 0 amide bonds. The van der Waals surface area contributed by atoms with Crippen LogP contribution in [0.1, 0.15) is 5.56 Å². The molecule has 0 aliphatic carbocycles. The first-order chi connectivity index (χ1) is 9.88. The zero-order valence-electron chi connectivity index (χ0n) is 10.8. The Bertz CT molecular complexity index is 759. The van der Waals surface area contributed by atoms with E-state index in [1.807, 2.05) is 0 Å². The molecule has 21 heavy (non-hydrogen) atoms. The van der Waals surface area contributed by atoms with Gasteiger partial charge in [0.05, 0.1) is 9.82 Å². The average molecular weight is 308 g/mol. The number of nitrogens with one attached hydrogen (secondary N) is 1. The summed E-state index contributed by atoms with van der Waals surface area (Å²) in [4.78, 5) is 13.7. The van der Waals surface area contributed by atoms with E-state index in [1.165, 1.54) is 42.6 Å².